The first-order valence-corrected chi connectivity index (χ1v) is 6.31. The van der Waals surface area contributed by atoms with Crippen molar-refractivity contribution in [1.82, 2.24) is 9.97 Å². The van der Waals surface area contributed by atoms with Crippen LogP contribution in [-0.4, -0.2) is 17.1 Å². The maximum absolute atomic E-state index is 11.1. The molecule has 0 aliphatic heterocycles. The van der Waals surface area contributed by atoms with Gasteiger partial charge in [-0.3, -0.25) is 4.98 Å². The monoisotopic (exact) mass is 286 g/mol. The highest BCUT2D eigenvalue weighted by molar-refractivity contribution is 5.85. The van der Waals surface area contributed by atoms with Gasteiger partial charge in [-0.25, -0.2) is 9.78 Å². The highest BCUT2D eigenvalue weighted by Gasteiger charge is 2.06. The summed E-state index contributed by atoms with van der Waals surface area (Å²) in [6.07, 6.45) is 1.72. The molecule has 0 saturated carbocycles. The fraction of sp³-hybridized carbons (Fsp3) is 0.143. The Balaban J connectivity index is 1.80. The van der Waals surface area contributed by atoms with Crippen molar-refractivity contribution in [3.05, 3.63) is 46.6 Å². The topological polar surface area (TPSA) is 106 Å². The molecule has 0 unspecified atom stereocenters. The molecule has 0 aliphatic rings. The van der Waals surface area contributed by atoms with Gasteiger partial charge in [-0.2, -0.15) is 0 Å². The first-order valence-electron chi connectivity index (χ1n) is 6.31. The minimum absolute atomic E-state index is 0.439. The Bertz CT molecular complexity index is 820. The molecule has 7 nitrogen and oxygen atoms in total. The van der Waals surface area contributed by atoms with Crippen molar-refractivity contribution >= 4 is 22.5 Å². The molecule has 21 heavy (non-hydrogen) atoms. The lowest BCUT2D eigenvalue weighted by molar-refractivity contribution is 0.397. The Kier molecular flexibility index (Phi) is 3.23. The van der Waals surface area contributed by atoms with Crippen molar-refractivity contribution in [3.8, 4) is 5.88 Å². The summed E-state index contributed by atoms with van der Waals surface area (Å²) in [7, 11) is 1.57. The summed E-state index contributed by atoms with van der Waals surface area (Å²) in [6, 6.07) is 7.05. The van der Waals surface area contributed by atoms with Crippen LogP contribution in [-0.2, 0) is 6.54 Å². The number of oxazole rings is 1. The van der Waals surface area contributed by atoms with Crippen LogP contribution in [0.15, 0.2) is 39.7 Å². The molecule has 3 aromatic rings. The van der Waals surface area contributed by atoms with E-state index in [4.69, 9.17) is 14.9 Å². The maximum Gasteiger partial charge on any atom is 0.417 e. The second-order valence-corrected chi connectivity index (χ2v) is 4.51. The Morgan fingerprint density at radius 3 is 3.00 bits per heavy atom. The summed E-state index contributed by atoms with van der Waals surface area (Å²) in [5.41, 5.74) is 9.18. The van der Waals surface area contributed by atoms with Crippen molar-refractivity contribution in [3.63, 3.8) is 0 Å². The van der Waals surface area contributed by atoms with E-state index in [9.17, 15) is 4.79 Å². The summed E-state index contributed by atoms with van der Waals surface area (Å²) in [6.45, 7) is 0.550. The number of nitrogens with one attached hydrogen (secondary N) is 2. The van der Waals surface area contributed by atoms with Gasteiger partial charge >= 0.3 is 5.76 Å². The third kappa shape index (κ3) is 2.66. The van der Waals surface area contributed by atoms with E-state index in [1.165, 1.54) is 0 Å². The second kappa shape index (κ2) is 5.20. The van der Waals surface area contributed by atoms with Gasteiger partial charge in [0.25, 0.3) is 0 Å². The van der Waals surface area contributed by atoms with Gasteiger partial charge in [0.1, 0.15) is 0 Å². The number of hydrogen-bond acceptors (Lipinski definition) is 6. The van der Waals surface area contributed by atoms with E-state index in [1.807, 2.05) is 6.07 Å². The number of anilines is 2. The molecule has 0 radical (unpaired) electrons. The van der Waals surface area contributed by atoms with Gasteiger partial charge in [-0.1, -0.05) is 6.07 Å². The highest BCUT2D eigenvalue weighted by Crippen LogP contribution is 2.24. The van der Waals surface area contributed by atoms with Crippen LogP contribution in [0.1, 0.15) is 5.56 Å². The zero-order valence-corrected chi connectivity index (χ0v) is 11.3. The van der Waals surface area contributed by atoms with Crippen LogP contribution < -0.4 is 21.5 Å². The average Bonchev–Trinajstić information content (AvgIpc) is 2.84. The predicted molar refractivity (Wildman–Crippen MR) is 79.4 cm³/mol. The molecule has 0 fully saturated rings. The fourth-order valence-corrected chi connectivity index (χ4v) is 2.00. The molecule has 3 rings (SSSR count). The van der Waals surface area contributed by atoms with Crippen LogP contribution in [0.4, 0.5) is 11.4 Å². The highest BCUT2D eigenvalue weighted by atomic mass is 16.5. The van der Waals surface area contributed by atoms with Gasteiger partial charge in [0.15, 0.2) is 5.58 Å². The third-order valence-electron chi connectivity index (χ3n) is 3.08. The molecule has 4 N–H and O–H groups in total. The summed E-state index contributed by atoms with van der Waals surface area (Å²) in [4.78, 5) is 17.9. The van der Waals surface area contributed by atoms with Gasteiger partial charge in [0, 0.05) is 24.9 Å². The maximum atomic E-state index is 11.1. The van der Waals surface area contributed by atoms with Crippen LogP contribution >= 0.6 is 0 Å². The normalized spacial score (nSPS) is 10.7. The van der Waals surface area contributed by atoms with Crippen LogP contribution in [0.2, 0.25) is 0 Å². The van der Waals surface area contributed by atoms with Crippen LogP contribution in [0.3, 0.4) is 0 Å². The van der Waals surface area contributed by atoms with E-state index in [0.29, 0.717) is 29.2 Å². The molecule has 0 aliphatic carbocycles. The van der Waals surface area contributed by atoms with E-state index in [1.54, 1.807) is 31.5 Å². The Morgan fingerprint density at radius 2 is 2.29 bits per heavy atom. The summed E-state index contributed by atoms with van der Waals surface area (Å²) in [5, 5.41) is 3.20. The standard InChI is InChI=1S/C14H14N4O3/c1-20-13-3-2-8(7-17-13)6-16-10-5-11-12(4-9(10)15)21-14(19)18-11/h2-5,7,16H,6,15H2,1H3,(H,18,19). The number of aromatic nitrogens is 2. The Morgan fingerprint density at radius 1 is 1.43 bits per heavy atom. The van der Waals surface area contributed by atoms with Gasteiger partial charge in [0.05, 0.1) is 24.0 Å². The van der Waals surface area contributed by atoms with Crippen LogP contribution in [0, 0.1) is 0 Å². The predicted octanol–water partition coefficient (Wildman–Crippen LogP) is 1.72. The molecular formula is C14H14N4O3. The van der Waals surface area contributed by atoms with Crippen molar-refractivity contribution in [2.75, 3.05) is 18.2 Å². The lowest BCUT2D eigenvalue weighted by Crippen LogP contribution is -2.03. The van der Waals surface area contributed by atoms with E-state index in [0.717, 1.165) is 11.3 Å². The third-order valence-corrected chi connectivity index (χ3v) is 3.08. The quantitative estimate of drug-likeness (QED) is 0.630. The minimum atomic E-state index is -0.499. The SMILES string of the molecule is COc1ccc(CNc2cc3[nH]c(=O)oc3cc2N)cn1. The zero-order chi connectivity index (χ0) is 14.8. The molecule has 0 saturated heterocycles. The number of nitrogen functional groups attached to an aromatic ring is 1. The summed E-state index contributed by atoms with van der Waals surface area (Å²) < 4.78 is 9.96. The number of pyridine rings is 1. The smallest absolute Gasteiger partial charge is 0.417 e. The molecule has 0 spiro atoms. The van der Waals surface area contributed by atoms with E-state index < -0.39 is 5.76 Å². The molecule has 0 atom stereocenters. The van der Waals surface area contributed by atoms with Crippen molar-refractivity contribution in [1.29, 1.82) is 0 Å². The number of fused-ring (bicyclic) bond motifs is 1. The number of nitrogens with two attached hydrogens (primary N) is 1. The summed E-state index contributed by atoms with van der Waals surface area (Å²) in [5.74, 6) is 0.0663. The minimum Gasteiger partial charge on any atom is -0.481 e. The number of ether oxygens (including phenoxy) is 1. The Labute approximate surface area is 119 Å². The van der Waals surface area contributed by atoms with E-state index >= 15 is 0 Å². The molecular weight excluding hydrogens is 272 g/mol. The molecule has 0 amide bonds. The van der Waals surface area contributed by atoms with Crippen molar-refractivity contribution in [2.45, 2.75) is 6.54 Å². The number of rotatable bonds is 4. The van der Waals surface area contributed by atoms with Gasteiger partial charge < -0.3 is 20.2 Å². The number of H-pyrrole nitrogens is 1. The molecule has 1 aromatic carbocycles. The van der Waals surface area contributed by atoms with E-state index in [2.05, 4.69) is 15.3 Å². The zero-order valence-electron chi connectivity index (χ0n) is 11.3. The average molecular weight is 286 g/mol. The number of aromatic amines is 1. The second-order valence-electron chi connectivity index (χ2n) is 4.51. The lowest BCUT2D eigenvalue weighted by atomic mass is 10.2. The molecule has 2 aromatic heterocycles. The van der Waals surface area contributed by atoms with Crippen LogP contribution in [0.5, 0.6) is 5.88 Å². The number of methoxy groups -OCH3 is 1. The molecule has 2 heterocycles. The summed E-state index contributed by atoms with van der Waals surface area (Å²) >= 11 is 0. The van der Waals surface area contributed by atoms with Gasteiger partial charge in [-0.15, -0.1) is 0 Å². The number of benzene rings is 1. The Hall–Kier alpha value is -2.96. The largest absolute Gasteiger partial charge is 0.481 e. The fourth-order valence-electron chi connectivity index (χ4n) is 2.00. The molecule has 0 bridgehead atoms. The van der Waals surface area contributed by atoms with Gasteiger partial charge in [-0.05, 0) is 11.6 Å². The van der Waals surface area contributed by atoms with Crippen molar-refractivity contribution in [2.24, 2.45) is 0 Å². The molecule has 7 heteroatoms. The van der Waals surface area contributed by atoms with Gasteiger partial charge in [0.2, 0.25) is 5.88 Å². The number of nitrogens with zero attached hydrogens (tertiary/aromatic N) is 1. The van der Waals surface area contributed by atoms with Crippen molar-refractivity contribution < 1.29 is 9.15 Å². The first kappa shape index (κ1) is 13.0. The lowest BCUT2D eigenvalue weighted by Gasteiger charge is -2.09. The van der Waals surface area contributed by atoms with Crippen LogP contribution in [0.25, 0.3) is 11.1 Å². The molecule has 108 valence electrons. The number of hydrogen-bond donors (Lipinski definition) is 3. The van der Waals surface area contributed by atoms with E-state index in [-0.39, 0.29) is 0 Å². The first-order chi connectivity index (χ1) is 10.2.